The second kappa shape index (κ2) is 7.18. The summed E-state index contributed by atoms with van der Waals surface area (Å²) in [5.74, 6) is -1.16. The Hall–Kier alpha value is -1.33. The molecule has 4 nitrogen and oxygen atoms in total. The highest BCUT2D eigenvalue weighted by atomic mass is 35.5. The van der Waals surface area contributed by atoms with Crippen LogP contribution in [0, 0.1) is 0 Å². The van der Waals surface area contributed by atoms with Gasteiger partial charge >= 0.3 is 5.97 Å². The Bertz CT molecular complexity index is 444. The van der Waals surface area contributed by atoms with Crippen LogP contribution < -0.4 is 0 Å². The Morgan fingerprint density at radius 2 is 2.17 bits per heavy atom. The Balaban J connectivity index is 2.61. The molecule has 1 aromatic rings. The van der Waals surface area contributed by atoms with Gasteiger partial charge in [-0.05, 0) is 12.1 Å². The predicted octanol–water partition coefficient (Wildman–Crippen LogP) is 2.78. The van der Waals surface area contributed by atoms with Gasteiger partial charge in [-0.15, -0.1) is 17.9 Å². The maximum atomic E-state index is 11.8. The molecule has 0 atom stereocenters. The number of nitrogens with zero attached hydrogens (tertiary/aromatic N) is 1. The average Bonchev–Trinajstić information content (AvgIpc) is 2.71. The van der Waals surface area contributed by atoms with Gasteiger partial charge in [0.05, 0.1) is 17.3 Å². The highest BCUT2D eigenvalue weighted by Gasteiger charge is 2.14. The summed E-state index contributed by atoms with van der Waals surface area (Å²) < 4.78 is 0.668. The van der Waals surface area contributed by atoms with Crippen molar-refractivity contribution in [3.05, 3.63) is 34.0 Å². The molecule has 18 heavy (non-hydrogen) atoms. The van der Waals surface area contributed by atoms with Crippen molar-refractivity contribution in [1.29, 1.82) is 0 Å². The Morgan fingerprint density at radius 3 is 2.67 bits per heavy atom. The number of thiophene rings is 1. The molecular formula is C12H14ClNO3S. The molecule has 1 rings (SSSR count). The molecule has 1 heterocycles. The zero-order valence-corrected chi connectivity index (χ0v) is 11.3. The van der Waals surface area contributed by atoms with Gasteiger partial charge in [0.25, 0.3) is 0 Å². The van der Waals surface area contributed by atoms with Crippen LogP contribution in [-0.2, 0) is 16.1 Å². The molecule has 6 heteroatoms. The summed E-state index contributed by atoms with van der Waals surface area (Å²) in [7, 11) is 0. The molecule has 0 aliphatic rings. The van der Waals surface area contributed by atoms with Crippen molar-refractivity contribution >= 4 is 34.8 Å². The second-order valence-electron chi connectivity index (χ2n) is 3.66. The summed E-state index contributed by atoms with van der Waals surface area (Å²) in [5.41, 5.74) is 0. The number of hydrogen-bond acceptors (Lipinski definition) is 3. The molecule has 0 aliphatic heterocycles. The van der Waals surface area contributed by atoms with Crippen LogP contribution in [0.3, 0.4) is 0 Å². The third-order valence-electron chi connectivity index (χ3n) is 2.23. The van der Waals surface area contributed by atoms with Crippen molar-refractivity contribution < 1.29 is 14.7 Å². The molecular weight excluding hydrogens is 274 g/mol. The smallest absolute Gasteiger partial charge is 0.303 e. The molecule has 0 radical (unpaired) electrons. The highest BCUT2D eigenvalue weighted by molar-refractivity contribution is 7.16. The zero-order chi connectivity index (χ0) is 13.5. The molecule has 0 saturated heterocycles. The lowest BCUT2D eigenvalue weighted by Gasteiger charge is -2.20. The topological polar surface area (TPSA) is 57.6 Å². The van der Waals surface area contributed by atoms with Gasteiger partial charge in [0.15, 0.2) is 0 Å². The number of carbonyl (C=O) groups is 2. The fourth-order valence-corrected chi connectivity index (χ4v) is 2.51. The normalized spacial score (nSPS) is 10.1. The van der Waals surface area contributed by atoms with Crippen molar-refractivity contribution in [2.45, 2.75) is 19.4 Å². The molecule has 0 aliphatic carbocycles. The first-order valence-corrected chi connectivity index (χ1v) is 6.57. The summed E-state index contributed by atoms with van der Waals surface area (Å²) >= 11 is 7.23. The minimum absolute atomic E-state index is 0.00226. The van der Waals surface area contributed by atoms with Crippen molar-refractivity contribution in [2.24, 2.45) is 0 Å². The van der Waals surface area contributed by atoms with Crippen LogP contribution in [-0.4, -0.2) is 28.4 Å². The average molecular weight is 288 g/mol. The first-order valence-electron chi connectivity index (χ1n) is 5.37. The predicted molar refractivity (Wildman–Crippen MR) is 71.8 cm³/mol. The van der Waals surface area contributed by atoms with Crippen LogP contribution in [0.4, 0.5) is 0 Å². The molecule has 98 valence electrons. The number of amides is 1. The van der Waals surface area contributed by atoms with Crippen LogP contribution in [0.25, 0.3) is 0 Å². The number of aliphatic carboxylic acids is 1. The summed E-state index contributed by atoms with van der Waals surface area (Å²) in [6.07, 6.45) is 1.47. The van der Waals surface area contributed by atoms with E-state index in [1.165, 1.54) is 11.3 Å². The van der Waals surface area contributed by atoms with Crippen molar-refractivity contribution in [1.82, 2.24) is 4.90 Å². The third kappa shape index (κ3) is 4.89. The van der Waals surface area contributed by atoms with Gasteiger partial charge in [-0.3, -0.25) is 9.59 Å². The fraction of sp³-hybridized carbons (Fsp3) is 0.333. The third-order valence-corrected chi connectivity index (χ3v) is 3.45. The van der Waals surface area contributed by atoms with E-state index < -0.39 is 5.97 Å². The van der Waals surface area contributed by atoms with E-state index in [4.69, 9.17) is 16.7 Å². The quantitative estimate of drug-likeness (QED) is 0.785. The van der Waals surface area contributed by atoms with Crippen LogP contribution in [0.2, 0.25) is 4.34 Å². The van der Waals surface area contributed by atoms with Gasteiger partial charge in [0.2, 0.25) is 5.91 Å². The standard InChI is InChI=1S/C12H14ClNO3S/c1-2-7-14(11(15)5-6-12(16)17)8-9-3-4-10(13)18-9/h2-4H,1,5-8H2,(H,16,17). The molecule has 0 saturated carbocycles. The van der Waals surface area contributed by atoms with Gasteiger partial charge in [0, 0.05) is 17.8 Å². The largest absolute Gasteiger partial charge is 0.481 e. The van der Waals surface area contributed by atoms with Gasteiger partial charge < -0.3 is 10.0 Å². The summed E-state index contributed by atoms with van der Waals surface area (Å²) in [5, 5.41) is 8.56. The number of hydrogen-bond donors (Lipinski definition) is 1. The molecule has 0 aromatic carbocycles. The van der Waals surface area contributed by atoms with Crippen LogP contribution in [0.1, 0.15) is 17.7 Å². The van der Waals surface area contributed by atoms with E-state index in [0.717, 1.165) is 4.88 Å². The first kappa shape index (κ1) is 14.7. The lowest BCUT2D eigenvalue weighted by molar-refractivity contribution is -0.140. The van der Waals surface area contributed by atoms with E-state index in [1.54, 1.807) is 17.0 Å². The zero-order valence-electron chi connectivity index (χ0n) is 9.76. The monoisotopic (exact) mass is 287 g/mol. The van der Waals surface area contributed by atoms with Crippen molar-refractivity contribution in [2.75, 3.05) is 6.54 Å². The first-order chi connectivity index (χ1) is 8.52. The van der Waals surface area contributed by atoms with Gasteiger partial charge in [0.1, 0.15) is 0 Å². The van der Waals surface area contributed by atoms with E-state index in [9.17, 15) is 9.59 Å². The highest BCUT2D eigenvalue weighted by Crippen LogP contribution is 2.23. The Kier molecular flexibility index (Phi) is 5.88. The molecule has 1 N–H and O–H groups in total. The molecule has 1 aromatic heterocycles. The number of carboxylic acids is 1. The number of carbonyl (C=O) groups excluding carboxylic acids is 1. The molecule has 1 amide bonds. The van der Waals surface area contributed by atoms with Gasteiger partial charge in [-0.25, -0.2) is 0 Å². The summed E-state index contributed by atoms with van der Waals surface area (Å²) in [6, 6.07) is 3.63. The Morgan fingerprint density at radius 1 is 1.44 bits per heavy atom. The van der Waals surface area contributed by atoms with E-state index in [2.05, 4.69) is 6.58 Å². The molecule has 0 fully saturated rings. The van der Waals surface area contributed by atoms with E-state index in [0.29, 0.717) is 17.4 Å². The lowest BCUT2D eigenvalue weighted by atomic mass is 10.2. The second-order valence-corrected chi connectivity index (χ2v) is 5.46. The van der Waals surface area contributed by atoms with E-state index in [-0.39, 0.29) is 18.7 Å². The summed E-state index contributed by atoms with van der Waals surface area (Å²) in [4.78, 5) is 24.8. The SMILES string of the molecule is C=CCN(Cc1ccc(Cl)s1)C(=O)CCC(=O)O. The maximum Gasteiger partial charge on any atom is 0.303 e. The lowest BCUT2D eigenvalue weighted by Crippen LogP contribution is -2.30. The number of rotatable bonds is 7. The van der Waals surface area contributed by atoms with Crippen LogP contribution in [0.15, 0.2) is 24.8 Å². The van der Waals surface area contributed by atoms with Crippen LogP contribution >= 0.6 is 22.9 Å². The van der Waals surface area contributed by atoms with Crippen LogP contribution in [0.5, 0.6) is 0 Å². The Labute approximate surface area is 114 Å². The van der Waals surface area contributed by atoms with Gasteiger partial charge in [-0.2, -0.15) is 0 Å². The van der Waals surface area contributed by atoms with Gasteiger partial charge in [-0.1, -0.05) is 17.7 Å². The van der Waals surface area contributed by atoms with E-state index in [1.807, 2.05) is 6.07 Å². The minimum Gasteiger partial charge on any atom is -0.481 e. The minimum atomic E-state index is -0.971. The number of halogens is 1. The summed E-state index contributed by atoms with van der Waals surface area (Å²) in [6.45, 7) is 4.42. The molecule has 0 bridgehead atoms. The number of carboxylic acid groups (broad SMARTS) is 1. The van der Waals surface area contributed by atoms with Crippen molar-refractivity contribution in [3.8, 4) is 0 Å². The maximum absolute atomic E-state index is 11.8. The molecule has 0 unspecified atom stereocenters. The fourth-order valence-electron chi connectivity index (χ4n) is 1.41. The molecule has 0 spiro atoms. The van der Waals surface area contributed by atoms with Crippen molar-refractivity contribution in [3.63, 3.8) is 0 Å². The van der Waals surface area contributed by atoms with E-state index >= 15 is 0 Å².